The number of fused-ring (bicyclic) bond motifs is 1. The first-order valence-electron chi connectivity index (χ1n) is 6.83. The molecule has 1 heterocycles. The van der Waals surface area contributed by atoms with Crippen molar-refractivity contribution in [3.05, 3.63) is 64.1 Å². The molecule has 1 aliphatic rings. The van der Waals surface area contributed by atoms with Gasteiger partial charge in [-0.25, -0.2) is 0 Å². The lowest BCUT2D eigenvalue weighted by Gasteiger charge is -2.20. The Bertz CT molecular complexity index is 572. The van der Waals surface area contributed by atoms with Crippen molar-refractivity contribution in [1.29, 1.82) is 0 Å². The van der Waals surface area contributed by atoms with E-state index in [-0.39, 0.29) is 6.10 Å². The molecule has 3 rings (SSSR count). The number of hydrogen-bond donors (Lipinski definition) is 0. The average Bonchev–Trinajstić information content (AvgIpc) is 2.88. The minimum Gasteiger partial charge on any atom is -0.490 e. The normalized spacial score (nSPS) is 18.4. The zero-order chi connectivity index (χ0) is 13.9. The third kappa shape index (κ3) is 2.94. The van der Waals surface area contributed by atoms with Gasteiger partial charge in [-0.1, -0.05) is 68.3 Å². The maximum absolute atomic E-state index is 6.06. The average molecular weight is 396 g/mol. The summed E-state index contributed by atoms with van der Waals surface area (Å²) in [5.74, 6) is 1.52. The maximum Gasteiger partial charge on any atom is 0.123 e. The van der Waals surface area contributed by atoms with Gasteiger partial charge in [0.25, 0.3) is 0 Å². The predicted octanol–water partition coefficient (Wildman–Crippen LogP) is 5.32. The van der Waals surface area contributed by atoms with Crippen molar-refractivity contribution in [2.24, 2.45) is 0 Å². The van der Waals surface area contributed by atoms with Crippen LogP contribution in [0.5, 0.6) is 5.75 Å². The van der Waals surface area contributed by atoms with Crippen molar-refractivity contribution in [1.82, 2.24) is 0 Å². The van der Waals surface area contributed by atoms with E-state index in [1.54, 1.807) is 0 Å². The van der Waals surface area contributed by atoms with E-state index in [4.69, 9.17) is 4.74 Å². The van der Waals surface area contributed by atoms with Crippen molar-refractivity contribution >= 4 is 31.9 Å². The minimum absolute atomic E-state index is 0.280. The van der Waals surface area contributed by atoms with E-state index in [1.807, 2.05) is 6.07 Å². The first-order valence-corrected chi connectivity index (χ1v) is 8.74. The fraction of sp³-hybridized carbons (Fsp3) is 0.294. The molecule has 0 amide bonds. The second-order valence-electron chi connectivity index (χ2n) is 5.16. The van der Waals surface area contributed by atoms with Crippen LogP contribution in [0, 0.1) is 0 Å². The highest BCUT2D eigenvalue weighted by Crippen LogP contribution is 2.35. The summed E-state index contributed by atoms with van der Waals surface area (Å²) in [5, 5.41) is 0.950. The summed E-state index contributed by atoms with van der Waals surface area (Å²) in [7, 11) is 0. The van der Waals surface area contributed by atoms with Gasteiger partial charge in [0.2, 0.25) is 0 Å². The van der Waals surface area contributed by atoms with Crippen LogP contribution in [-0.2, 0) is 6.42 Å². The van der Waals surface area contributed by atoms with Crippen molar-refractivity contribution in [3.8, 4) is 5.75 Å². The second-order valence-corrected chi connectivity index (χ2v) is 6.66. The van der Waals surface area contributed by atoms with Crippen LogP contribution < -0.4 is 4.74 Å². The summed E-state index contributed by atoms with van der Waals surface area (Å²) in [5.41, 5.74) is 2.68. The van der Waals surface area contributed by atoms with E-state index in [0.717, 1.165) is 23.9 Å². The van der Waals surface area contributed by atoms with Gasteiger partial charge < -0.3 is 4.74 Å². The summed E-state index contributed by atoms with van der Waals surface area (Å²) in [4.78, 5) is 0. The predicted molar refractivity (Wildman–Crippen MR) is 89.9 cm³/mol. The van der Waals surface area contributed by atoms with Crippen LogP contribution in [0.4, 0.5) is 0 Å². The summed E-state index contributed by atoms with van der Waals surface area (Å²) < 4.78 is 7.24. The number of halogens is 2. The number of benzene rings is 2. The minimum atomic E-state index is 0.280. The van der Waals surface area contributed by atoms with Gasteiger partial charge >= 0.3 is 0 Å². The van der Waals surface area contributed by atoms with Gasteiger partial charge in [-0.05, 0) is 35.6 Å². The first kappa shape index (κ1) is 14.2. The highest BCUT2D eigenvalue weighted by Gasteiger charge is 2.26. The third-order valence-electron chi connectivity index (χ3n) is 3.79. The first-order chi connectivity index (χ1) is 9.78. The highest BCUT2D eigenvalue weighted by molar-refractivity contribution is 9.10. The van der Waals surface area contributed by atoms with Crippen LogP contribution in [0.15, 0.2) is 53.0 Å². The van der Waals surface area contributed by atoms with Crippen LogP contribution in [0.2, 0.25) is 0 Å². The molecule has 104 valence electrons. The molecule has 0 N–H and O–H groups in total. The van der Waals surface area contributed by atoms with E-state index in [2.05, 4.69) is 74.3 Å². The zero-order valence-corrected chi connectivity index (χ0v) is 14.2. The van der Waals surface area contributed by atoms with Crippen LogP contribution in [0.25, 0.3) is 0 Å². The van der Waals surface area contributed by atoms with Gasteiger partial charge in [-0.3, -0.25) is 0 Å². The molecule has 0 aliphatic carbocycles. The second kappa shape index (κ2) is 6.31. The Morgan fingerprint density at radius 3 is 2.60 bits per heavy atom. The largest absolute Gasteiger partial charge is 0.490 e. The van der Waals surface area contributed by atoms with Crippen LogP contribution in [0.1, 0.15) is 23.5 Å². The number of ether oxygens (including phenoxy) is 1. The van der Waals surface area contributed by atoms with Gasteiger partial charge in [0.05, 0.1) is 0 Å². The Morgan fingerprint density at radius 2 is 1.85 bits per heavy atom. The molecule has 2 aromatic carbocycles. The summed E-state index contributed by atoms with van der Waals surface area (Å²) in [6.45, 7) is 0. The SMILES string of the molecule is BrCC(CC1Cc2ccccc2O1)c1ccccc1Br. The molecule has 0 spiro atoms. The van der Waals surface area contributed by atoms with Crippen molar-refractivity contribution in [3.63, 3.8) is 0 Å². The monoisotopic (exact) mass is 394 g/mol. The van der Waals surface area contributed by atoms with Crippen molar-refractivity contribution in [2.45, 2.75) is 24.9 Å². The molecule has 2 aromatic rings. The van der Waals surface area contributed by atoms with Crippen LogP contribution in [-0.4, -0.2) is 11.4 Å². The molecule has 1 aliphatic heterocycles. The number of rotatable bonds is 4. The summed E-state index contributed by atoms with van der Waals surface area (Å²) >= 11 is 7.31. The molecule has 0 fully saturated rings. The molecular formula is C17H16Br2O. The number of para-hydroxylation sites is 1. The standard InChI is InChI=1S/C17H16Br2O/c18-11-13(15-6-2-3-7-16(15)19)10-14-9-12-5-1-4-8-17(12)20-14/h1-8,13-14H,9-11H2. The molecule has 0 radical (unpaired) electrons. The lowest BCUT2D eigenvalue weighted by molar-refractivity contribution is 0.213. The molecular weight excluding hydrogens is 380 g/mol. The van der Waals surface area contributed by atoms with Crippen LogP contribution in [0.3, 0.4) is 0 Å². The van der Waals surface area contributed by atoms with Gasteiger partial charge in [0.15, 0.2) is 0 Å². The van der Waals surface area contributed by atoms with Crippen LogP contribution >= 0.6 is 31.9 Å². The molecule has 1 nitrogen and oxygen atoms in total. The van der Waals surface area contributed by atoms with E-state index < -0.39 is 0 Å². The third-order valence-corrected chi connectivity index (χ3v) is 5.30. The van der Waals surface area contributed by atoms with E-state index in [0.29, 0.717) is 5.92 Å². The quantitative estimate of drug-likeness (QED) is 0.636. The Labute approximate surface area is 136 Å². The molecule has 2 atom stereocenters. The zero-order valence-electron chi connectivity index (χ0n) is 11.1. The van der Waals surface area contributed by atoms with Crippen molar-refractivity contribution in [2.75, 3.05) is 5.33 Å². The van der Waals surface area contributed by atoms with E-state index >= 15 is 0 Å². The summed E-state index contributed by atoms with van der Waals surface area (Å²) in [6, 6.07) is 16.8. The smallest absolute Gasteiger partial charge is 0.123 e. The fourth-order valence-electron chi connectivity index (χ4n) is 2.78. The number of hydrogen-bond acceptors (Lipinski definition) is 1. The Balaban J connectivity index is 1.73. The molecule has 0 bridgehead atoms. The summed E-state index contributed by atoms with van der Waals surface area (Å²) in [6.07, 6.45) is 2.33. The van der Waals surface area contributed by atoms with Gasteiger partial charge in [-0.2, -0.15) is 0 Å². The maximum atomic E-state index is 6.06. The molecule has 0 saturated heterocycles. The number of alkyl halides is 1. The van der Waals surface area contributed by atoms with E-state index in [9.17, 15) is 0 Å². The molecule has 3 heteroatoms. The Morgan fingerprint density at radius 1 is 1.10 bits per heavy atom. The Hall–Kier alpha value is -0.800. The Kier molecular flexibility index (Phi) is 4.47. The van der Waals surface area contributed by atoms with Gasteiger partial charge in [0, 0.05) is 16.2 Å². The molecule has 20 heavy (non-hydrogen) atoms. The molecule has 0 aromatic heterocycles. The van der Waals surface area contributed by atoms with Gasteiger partial charge in [0.1, 0.15) is 11.9 Å². The lowest BCUT2D eigenvalue weighted by Crippen LogP contribution is -2.18. The topological polar surface area (TPSA) is 9.23 Å². The fourth-order valence-corrected chi connectivity index (χ4v) is 4.00. The van der Waals surface area contributed by atoms with Gasteiger partial charge in [-0.15, -0.1) is 0 Å². The van der Waals surface area contributed by atoms with E-state index in [1.165, 1.54) is 15.6 Å². The highest BCUT2D eigenvalue weighted by atomic mass is 79.9. The van der Waals surface area contributed by atoms with Crippen molar-refractivity contribution < 1.29 is 4.74 Å². The molecule has 0 saturated carbocycles. The lowest BCUT2D eigenvalue weighted by atomic mass is 9.93. The molecule has 2 unspecified atom stereocenters.